The molecule has 1 unspecified atom stereocenters. The molecule has 0 spiro atoms. The Bertz CT molecular complexity index is 709. The van der Waals surface area contributed by atoms with Crippen molar-refractivity contribution >= 4 is 28.3 Å². The third kappa shape index (κ3) is 2.80. The third-order valence-electron chi connectivity index (χ3n) is 4.06. The second-order valence-corrected chi connectivity index (χ2v) is 5.57. The van der Waals surface area contributed by atoms with Gasteiger partial charge in [-0.05, 0) is 17.9 Å². The molecule has 5 heteroatoms. The van der Waals surface area contributed by atoms with Crippen molar-refractivity contribution in [3.05, 3.63) is 42.5 Å². The summed E-state index contributed by atoms with van der Waals surface area (Å²) >= 11 is 0. The van der Waals surface area contributed by atoms with Crippen LogP contribution in [0.3, 0.4) is 0 Å². The van der Waals surface area contributed by atoms with Gasteiger partial charge < -0.3 is 15.3 Å². The number of anilines is 1. The largest absolute Gasteiger partial charge is 0.396 e. The van der Waals surface area contributed by atoms with E-state index in [0.717, 1.165) is 17.2 Å². The normalized spacial score (nSPS) is 17.7. The molecular weight excluding hydrogens is 280 g/mol. The molecular formula is C17H18N2O3. The molecule has 1 aliphatic heterocycles. The van der Waals surface area contributed by atoms with Crippen LogP contribution in [0.2, 0.25) is 0 Å². The Labute approximate surface area is 128 Å². The highest BCUT2D eigenvalue weighted by Crippen LogP contribution is 2.23. The maximum Gasteiger partial charge on any atom is 0.313 e. The van der Waals surface area contributed by atoms with E-state index in [1.807, 2.05) is 36.4 Å². The molecule has 2 amide bonds. The second kappa shape index (κ2) is 6.15. The Balaban J connectivity index is 1.75. The fourth-order valence-corrected chi connectivity index (χ4v) is 2.82. The van der Waals surface area contributed by atoms with Gasteiger partial charge in [-0.3, -0.25) is 9.59 Å². The van der Waals surface area contributed by atoms with Gasteiger partial charge in [0.15, 0.2) is 0 Å². The summed E-state index contributed by atoms with van der Waals surface area (Å²) in [7, 11) is 0. The van der Waals surface area contributed by atoms with Gasteiger partial charge in [0.1, 0.15) is 0 Å². The number of nitrogens with one attached hydrogen (secondary N) is 1. The SMILES string of the molecule is O=C(Nc1cccc2ccccc12)C(=O)N1CCC(CO)C1. The zero-order valence-electron chi connectivity index (χ0n) is 12.2. The first-order chi connectivity index (χ1) is 10.7. The lowest BCUT2D eigenvalue weighted by Crippen LogP contribution is -2.38. The minimum atomic E-state index is -0.630. The van der Waals surface area contributed by atoms with Gasteiger partial charge in [-0.25, -0.2) is 0 Å². The van der Waals surface area contributed by atoms with E-state index in [2.05, 4.69) is 5.32 Å². The summed E-state index contributed by atoms with van der Waals surface area (Å²) in [5.41, 5.74) is 0.634. The molecule has 114 valence electrons. The van der Waals surface area contributed by atoms with Crippen molar-refractivity contribution in [3.8, 4) is 0 Å². The molecule has 1 atom stereocenters. The van der Waals surface area contributed by atoms with E-state index in [4.69, 9.17) is 5.11 Å². The van der Waals surface area contributed by atoms with E-state index in [-0.39, 0.29) is 12.5 Å². The Hall–Kier alpha value is -2.40. The van der Waals surface area contributed by atoms with Gasteiger partial charge in [-0.2, -0.15) is 0 Å². The molecule has 3 rings (SSSR count). The lowest BCUT2D eigenvalue weighted by molar-refractivity contribution is -0.142. The van der Waals surface area contributed by atoms with Gasteiger partial charge in [0.25, 0.3) is 0 Å². The summed E-state index contributed by atoms with van der Waals surface area (Å²) in [5.74, 6) is -1.09. The first kappa shape index (κ1) is 14.5. The smallest absolute Gasteiger partial charge is 0.313 e. The topological polar surface area (TPSA) is 69.6 Å². The zero-order chi connectivity index (χ0) is 15.5. The average molecular weight is 298 g/mol. The molecule has 1 aliphatic rings. The second-order valence-electron chi connectivity index (χ2n) is 5.57. The first-order valence-electron chi connectivity index (χ1n) is 7.38. The lowest BCUT2D eigenvalue weighted by Gasteiger charge is -2.16. The van der Waals surface area contributed by atoms with Crippen LogP contribution in [-0.4, -0.2) is 41.5 Å². The summed E-state index contributed by atoms with van der Waals surface area (Å²) in [6, 6.07) is 13.3. The molecule has 1 saturated heterocycles. The van der Waals surface area contributed by atoms with Gasteiger partial charge >= 0.3 is 11.8 Å². The van der Waals surface area contributed by atoms with Crippen LogP contribution in [0.15, 0.2) is 42.5 Å². The number of hydrogen-bond acceptors (Lipinski definition) is 3. The standard InChI is InChI=1S/C17H18N2O3/c20-11-12-8-9-19(10-12)17(22)16(21)18-15-7-3-5-13-4-1-2-6-14(13)15/h1-7,12,20H,8-11H2,(H,18,21). The highest BCUT2D eigenvalue weighted by atomic mass is 16.3. The van der Waals surface area contributed by atoms with E-state index in [1.165, 1.54) is 4.90 Å². The highest BCUT2D eigenvalue weighted by Gasteiger charge is 2.29. The van der Waals surface area contributed by atoms with Crippen molar-refractivity contribution in [2.24, 2.45) is 5.92 Å². The van der Waals surface area contributed by atoms with E-state index in [9.17, 15) is 9.59 Å². The molecule has 0 radical (unpaired) electrons. The van der Waals surface area contributed by atoms with Gasteiger partial charge in [0, 0.05) is 36.7 Å². The highest BCUT2D eigenvalue weighted by molar-refractivity contribution is 6.40. The minimum Gasteiger partial charge on any atom is -0.396 e. The number of benzene rings is 2. The Morgan fingerprint density at radius 2 is 1.95 bits per heavy atom. The van der Waals surface area contributed by atoms with Crippen LogP contribution >= 0.6 is 0 Å². The van der Waals surface area contributed by atoms with Crippen molar-refractivity contribution in [2.75, 3.05) is 25.0 Å². The number of hydrogen-bond donors (Lipinski definition) is 2. The summed E-state index contributed by atoms with van der Waals surface area (Å²) in [4.78, 5) is 25.9. The molecule has 0 aromatic heterocycles. The van der Waals surface area contributed by atoms with E-state index in [1.54, 1.807) is 6.07 Å². The Morgan fingerprint density at radius 1 is 1.18 bits per heavy atom. The molecule has 2 N–H and O–H groups in total. The van der Waals surface area contributed by atoms with Crippen LogP contribution in [0.5, 0.6) is 0 Å². The van der Waals surface area contributed by atoms with Crippen LogP contribution in [0.4, 0.5) is 5.69 Å². The maximum atomic E-state index is 12.2. The summed E-state index contributed by atoms with van der Waals surface area (Å²) in [5, 5.41) is 13.7. The number of amides is 2. The monoisotopic (exact) mass is 298 g/mol. The number of aliphatic hydroxyl groups is 1. The molecule has 0 saturated carbocycles. The fourth-order valence-electron chi connectivity index (χ4n) is 2.82. The molecule has 0 bridgehead atoms. The van der Waals surface area contributed by atoms with Crippen molar-refractivity contribution in [1.82, 2.24) is 4.90 Å². The van der Waals surface area contributed by atoms with Crippen LogP contribution in [0.1, 0.15) is 6.42 Å². The molecule has 5 nitrogen and oxygen atoms in total. The van der Waals surface area contributed by atoms with Gasteiger partial charge in [-0.1, -0.05) is 36.4 Å². The first-order valence-corrected chi connectivity index (χ1v) is 7.38. The molecule has 22 heavy (non-hydrogen) atoms. The number of carbonyl (C=O) groups excluding carboxylic acids is 2. The number of likely N-dealkylation sites (tertiary alicyclic amines) is 1. The van der Waals surface area contributed by atoms with Gasteiger partial charge in [0.05, 0.1) is 0 Å². The Kier molecular flexibility index (Phi) is 4.06. The number of rotatable bonds is 2. The fraction of sp³-hybridized carbons (Fsp3) is 0.294. The molecule has 0 aliphatic carbocycles. The van der Waals surface area contributed by atoms with Gasteiger partial charge in [0.2, 0.25) is 0 Å². The predicted molar refractivity (Wildman–Crippen MR) is 84.4 cm³/mol. The number of aliphatic hydroxyl groups excluding tert-OH is 1. The van der Waals surface area contributed by atoms with E-state index in [0.29, 0.717) is 18.8 Å². The number of fused-ring (bicyclic) bond motifs is 1. The van der Waals surface area contributed by atoms with Crippen LogP contribution in [0.25, 0.3) is 10.8 Å². The molecule has 1 fully saturated rings. The van der Waals surface area contributed by atoms with Crippen molar-refractivity contribution in [3.63, 3.8) is 0 Å². The van der Waals surface area contributed by atoms with Crippen LogP contribution in [-0.2, 0) is 9.59 Å². The Morgan fingerprint density at radius 3 is 2.73 bits per heavy atom. The third-order valence-corrected chi connectivity index (χ3v) is 4.06. The molecule has 1 heterocycles. The van der Waals surface area contributed by atoms with E-state index >= 15 is 0 Å². The quantitative estimate of drug-likeness (QED) is 0.828. The van der Waals surface area contributed by atoms with Crippen molar-refractivity contribution in [2.45, 2.75) is 6.42 Å². The summed E-state index contributed by atoms with van der Waals surface area (Å²) < 4.78 is 0. The maximum absolute atomic E-state index is 12.2. The number of carbonyl (C=O) groups is 2. The van der Waals surface area contributed by atoms with E-state index < -0.39 is 11.8 Å². The molecule has 2 aromatic carbocycles. The average Bonchev–Trinajstić information content (AvgIpc) is 3.03. The predicted octanol–water partition coefficient (Wildman–Crippen LogP) is 1.62. The van der Waals surface area contributed by atoms with Crippen molar-refractivity contribution < 1.29 is 14.7 Å². The van der Waals surface area contributed by atoms with Crippen LogP contribution in [0, 0.1) is 5.92 Å². The minimum absolute atomic E-state index is 0.0503. The van der Waals surface area contributed by atoms with Crippen LogP contribution < -0.4 is 5.32 Å². The number of nitrogens with zero attached hydrogens (tertiary/aromatic N) is 1. The summed E-state index contributed by atoms with van der Waals surface area (Å²) in [6.07, 6.45) is 0.740. The zero-order valence-corrected chi connectivity index (χ0v) is 12.2. The summed E-state index contributed by atoms with van der Waals surface area (Å²) in [6.45, 7) is 1.01. The van der Waals surface area contributed by atoms with Crippen molar-refractivity contribution in [1.29, 1.82) is 0 Å². The molecule has 2 aromatic rings. The lowest BCUT2D eigenvalue weighted by atomic mass is 10.1. The van der Waals surface area contributed by atoms with Gasteiger partial charge in [-0.15, -0.1) is 0 Å².